The van der Waals surface area contributed by atoms with E-state index in [4.69, 9.17) is 21.6 Å². The van der Waals surface area contributed by atoms with Crippen LogP contribution in [0.3, 0.4) is 0 Å². The summed E-state index contributed by atoms with van der Waals surface area (Å²) in [5.41, 5.74) is 7.50. The molecule has 0 unspecified atom stereocenters. The highest BCUT2D eigenvalue weighted by molar-refractivity contribution is 6.90. The average Bonchev–Trinajstić information content (AvgIpc) is 2.96. The lowest BCUT2D eigenvalue weighted by Gasteiger charge is -2.38. The van der Waals surface area contributed by atoms with Crippen molar-refractivity contribution in [1.29, 1.82) is 0 Å². The fraction of sp³-hybridized carbons (Fsp3) is 0.559. The molecule has 2 aromatic heterocycles. The molecule has 0 spiro atoms. The Hall–Kier alpha value is -2.70. The molecule has 0 amide bonds. The van der Waals surface area contributed by atoms with Crippen molar-refractivity contribution < 1.29 is 0 Å². The van der Waals surface area contributed by atoms with Gasteiger partial charge in [-0.25, -0.2) is 4.98 Å². The molecule has 3 heterocycles. The molecule has 43 heavy (non-hydrogen) atoms. The van der Waals surface area contributed by atoms with Gasteiger partial charge >= 0.3 is 0 Å². The minimum atomic E-state index is -2.08. The Kier molecular flexibility index (Phi) is 11.1. The van der Waals surface area contributed by atoms with Crippen LogP contribution in [-0.2, 0) is 7.05 Å². The van der Waals surface area contributed by atoms with Gasteiger partial charge in [-0.05, 0) is 49.1 Å². The summed E-state index contributed by atoms with van der Waals surface area (Å²) in [4.78, 5) is 28.5. The number of nitrogens with one attached hydrogen (secondary N) is 1. The molecule has 1 N–H and O–H groups in total. The molecule has 1 aliphatic heterocycles. The lowest BCUT2D eigenvalue weighted by Crippen LogP contribution is -2.44. The van der Waals surface area contributed by atoms with E-state index in [1.54, 1.807) is 11.6 Å². The molecule has 1 saturated heterocycles. The van der Waals surface area contributed by atoms with E-state index in [0.717, 1.165) is 57.5 Å². The van der Waals surface area contributed by atoms with Crippen molar-refractivity contribution in [2.75, 3.05) is 51.6 Å². The number of aryl methyl sites for hydroxylation is 1. The predicted octanol–water partition coefficient (Wildman–Crippen LogP) is 6.66. The Bertz CT molecular complexity index is 1510. The van der Waals surface area contributed by atoms with E-state index in [9.17, 15) is 4.79 Å². The van der Waals surface area contributed by atoms with E-state index in [1.165, 1.54) is 0 Å². The Morgan fingerprint density at radius 3 is 2.26 bits per heavy atom. The van der Waals surface area contributed by atoms with Crippen LogP contribution in [0.4, 0.5) is 5.95 Å². The summed E-state index contributed by atoms with van der Waals surface area (Å²) < 4.78 is 1.61. The van der Waals surface area contributed by atoms with Crippen LogP contribution in [0.25, 0.3) is 22.2 Å². The van der Waals surface area contributed by atoms with Crippen LogP contribution >= 0.6 is 11.6 Å². The molecule has 0 saturated carbocycles. The van der Waals surface area contributed by atoms with Crippen LogP contribution in [0.5, 0.6) is 0 Å². The molecule has 0 atom stereocenters. The van der Waals surface area contributed by atoms with Gasteiger partial charge in [0.1, 0.15) is 13.7 Å². The number of hydrogen-bond acceptors (Lipinski definition) is 6. The monoisotopic (exact) mass is 620 g/mol. The van der Waals surface area contributed by atoms with Crippen LogP contribution in [-0.4, -0.2) is 78.7 Å². The van der Waals surface area contributed by atoms with E-state index in [2.05, 4.69) is 75.2 Å². The molecular formula is C34H49ClN6OSi. The maximum absolute atomic E-state index is 14.0. The number of pyridine rings is 1. The minimum Gasteiger partial charge on any atom is -0.354 e. The lowest BCUT2D eigenvalue weighted by molar-refractivity contribution is 0.152. The summed E-state index contributed by atoms with van der Waals surface area (Å²) in [5, 5.41) is 4.68. The second kappa shape index (κ2) is 14.4. The van der Waals surface area contributed by atoms with Gasteiger partial charge in [0.2, 0.25) is 5.95 Å². The first-order valence-corrected chi connectivity index (χ1v) is 18.4. The molecule has 0 aliphatic carbocycles. The molecule has 3 aromatic rings. The molecule has 7 nitrogen and oxygen atoms in total. The zero-order valence-corrected chi connectivity index (χ0v) is 29.1. The number of halogens is 1. The van der Waals surface area contributed by atoms with E-state index in [1.807, 2.05) is 30.5 Å². The smallest absolute Gasteiger partial charge is 0.261 e. The third-order valence-corrected chi connectivity index (χ3v) is 15.9. The number of unbranched alkanes of at least 4 members (excludes halogenated alkanes) is 1. The largest absolute Gasteiger partial charge is 0.354 e. The zero-order valence-electron chi connectivity index (χ0n) is 27.3. The van der Waals surface area contributed by atoms with Crippen molar-refractivity contribution in [3.8, 4) is 22.6 Å². The van der Waals surface area contributed by atoms with Gasteiger partial charge in [0.05, 0.1) is 10.9 Å². The number of benzene rings is 1. The standard InChI is InChI=1S/C34H49ClN6OSi/c1-24(2)43(25(3)4,26(5)6)22-15-27-29-23-37-34(36-16-11-12-17-41-20-18-39(7)19-21-41)38-32(29)40(8)33(42)31(27)28-13-9-10-14-30(28)35/h9-10,13-14,23-26H,11-12,16-21H2,1-8H3,(H,36,37,38). The fourth-order valence-electron chi connectivity index (χ4n) is 6.78. The first kappa shape index (κ1) is 33.2. The van der Waals surface area contributed by atoms with Crippen LogP contribution < -0.4 is 10.9 Å². The summed E-state index contributed by atoms with van der Waals surface area (Å²) in [5.74, 6) is 4.11. The Morgan fingerprint density at radius 2 is 1.63 bits per heavy atom. The van der Waals surface area contributed by atoms with Gasteiger partial charge in [-0.3, -0.25) is 9.36 Å². The number of nitrogens with zero attached hydrogens (tertiary/aromatic N) is 5. The summed E-state index contributed by atoms with van der Waals surface area (Å²) in [7, 11) is 1.87. The van der Waals surface area contributed by atoms with E-state index >= 15 is 0 Å². The Labute approximate surface area is 264 Å². The van der Waals surface area contributed by atoms with Crippen molar-refractivity contribution in [1.82, 2.24) is 24.3 Å². The number of fused-ring (bicyclic) bond motifs is 1. The second-order valence-electron chi connectivity index (χ2n) is 13.0. The molecule has 9 heteroatoms. The van der Waals surface area contributed by atoms with Crippen LogP contribution in [0.1, 0.15) is 59.9 Å². The fourth-order valence-corrected chi connectivity index (χ4v) is 12.2. The number of likely N-dealkylation sites (N-methyl/N-ethyl adjacent to an activating group) is 1. The SMILES string of the molecule is CC(C)[Si](C#Cc1c(-c2ccccc2Cl)c(=O)n(C)c2nc(NCCCCN3CCN(C)CC3)ncc12)(C(C)C)C(C)C. The maximum atomic E-state index is 14.0. The molecule has 232 valence electrons. The third-order valence-electron chi connectivity index (χ3n) is 9.32. The van der Waals surface area contributed by atoms with Gasteiger partial charge in [-0.15, -0.1) is 5.54 Å². The normalized spacial score (nSPS) is 15.0. The molecule has 1 aliphatic rings. The topological polar surface area (TPSA) is 66.3 Å². The summed E-state index contributed by atoms with van der Waals surface area (Å²) in [6.45, 7) is 20.2. The average molecular weight is 621 g/mol. The molecular weight excluding hydrogens is 572 g/mol. The summed E-state index contributed by atoms with van der Waals surface area (Å²) in [6.07, 6.45) is 3.97. The maximum Gasteiger partial charge on any atom is 0.261 e. The van der Waals surface area contributed by atoms with Crippen LogP contribution in [0.2, 0.25) is 21.6 Å². The molecule has 1 fully saturated rings. The van der Waals surface area contributed by atoms with Gasteiger partial charge in [0.15, 0.2) is 0 Å². The summed E-state index contributed by atoms with van der Waals surface area (Å²) >= 11 is 6.68. The Morgan fingerprint density at radius 1 is 0.977 bits per heavy atom. The van der Waals surface area contributed by atoms with Gasteiger partial charge in [0, 0.05) is 62.1 Å². The van der Waals surface area contributed by atoms with Crippen molar-refractivity contribution >= 4 is 36.7 Å². The predicted molar refractivity (Wildman–Crippen MR) is 185 cm³/mol. The number of rotatable bonds is 10. The molecule has 0 bridgehead atoms. The third kappa shape index (κ3) is 7.17. The molecule has 4 rings (SSSR count). The molecule has 0 radical (unpaired) electrons. The van der Waals surface area contributed by atoms with Gasteiger partial charge in [0.25, 0.3) is 5.56 Å². The number of piperazine rings is 1. The number of hydrogen-bond donors (Lipinski definition) is 1. The Balaban J connectivity index is 1.72. The highest BCUT2D eigenvalue weighted by Crippen LogP contribution is 2.41. The summed E-state index contributed by atoms with van der Waals surface area (Å²) in [6, 6.07) is 7.50. The van der Waals surface area contributed by atoms with Crippen molar-refractivity contribution in [3.63, 3.8) is 0 Å². The van der Waals surface area contributed by atoms with Crippen LogP contribution in [0.15, 0.2) is 35.3 Å². The first-order valence-electron chi connectivity index (χ1n) is 15.8. The quantitative estimate of drug-likeness (QED) is 0.155. The van der Waals surface area contributed by atoms with Crippen molar-refractivity contribution in [2.24, 2.45) is 7.05 Å². The van der Waals surface area contributed by atoms with Gasteiger partial charge < -0.3 is 15.1 Å². The zero-order chi connectivity index (χ0) is 31.3. The molecule has 1 aromatic carbocycles. The van der Waals surface area contributed by atoms with Crippen molar-refractivity contribution in [3.05, 3.63) is 51.4 Å². The van der Waals surface area contributed by atoms with Gasteiger partial charge in [-0.1, -0.05) is 77.3 Å². The second-order valence-corrected chi connectivity index (χ2v) is 18.9. The van der Waals surface area contributed by atoms with E-state index < -0.39 is 8.07 Å². The highest BCUT2D eigenvalue weighted by atomic mass is 35.5. The van der Waals surface area contributed by atoms with Crippen molar-refractivity contribution in [2.45, 2.75) is 71.0 Å². The van der Waals surface area contributed by atoms with Crippen LogP contribution in [0, 0.1) is 11.5 Å². The minimum absolute atomic E-state index is 0.160. The van der Waals surface area contributed by atoms with E-state index in [0.29, 0.717) is 49.9 Å². The number of anilines is 1. The number of aromatic nitrogens is 3. The highest BCUT2D eigenvalue weighted by Gasteiger charge is 2.41. The first-order chi connectivity index (χ1) is 20.5. The van der Waals surface area contributed by atoms with E-state index in [-0.39, 0.29) is 5.56 Å². The van der Waals surface area contributed by atoms with Gasteiger partial charge in [-0.2, -0.15) is 4.98 Å². The lowest BCUT2D eigenvalue weighted by atomic mass is 9.99.